The number of hydrogen-bond donors (Lipinski definition) is 2. The van der Waals surface area contributed by atoms with Gasteiger partial charge in [0.25, 0.3) is 0 Å². The highest BCUT2D eigenvalue weighted by Crippen LogP contribution is 2.09. The van der Waals surface area contributed by atoms with Crippen molar-refractivity contribution in [3.05, 3.63) is 47.7 Å². The van der Waals surface area contributed by atoms with Crippen LogP contribution in [0.5, 0.6) is 0 Å². The van der Waals surface area contributed by atoms with Gasteiger partial charge in [-0.25, -0.2) is 4.79 Å². The van der Waals surface area contributed by atoms with Crippen LogP contribution >= 0.6 is 0 Å². The Hall–Kier alpha value is -2.38. The molecule has 7 nitrogen and oxygen atoms in total. The quantitative estimate of drug-likeness (QED) is 0.810. The molecule has 1 atom stereocenters. The van der Waals surface area contributed by atoms with Gasteiger partial charge in [0.2, 0.25) is 0 Å². The van der Waals surface area contributed by atoms with Crippen molar-refractivity contribution in [1.29, 1.82) is 0 Å². The summed E-state index contributed by atoms with van der Waals surface area (Å²) >= 11 is 0. The number of hydrogen-bond acceptors (Lipinski definition) is 4. The molecule has 0 saturated carbocycles. The van der Waals surface area contributed by atoms with E-state index in [1.54, 1.807) is 24.8 Å². The fraction of sp³-hybridized carbons (Fsp3) is 0.412. The van der Waals surface area contributed by atoms with E-state index < -0.39 is 6.10 Å². The number of nitrogens with zero attached hydrogens (tertiary/aromatic N) is 3. The fourth-order valence-corrected chi connectivity index (χ4v) is 2.27. The molecule has 1 aromatic heterocycles. The Bertz CT molecular complexity index is 657. The van der Waals surface area contributed by atoms with Crippen molar-refractivity contribution in [3.63, 3.8) is 0 Å². The zero-order valence-electron chi connectivity index (χ0n) is 14.3. The van der Waals surface area contributed by atoms with Crippen molar-refractivity contribution < 1.29 is 14.6 Å². The molecule has 1 aromatic carbocycles. The summed E-state index contributed by atoms with van der Waals surface area (Å²) in [5, 5.41) is 16.9. The van der Waals surface area contributed by atoms with Gasteiger partial charge in [-0.3, -0.25) is 10.00 Å². The van der Waals surface area contributed by atoms with Gasteiger partial charge in [-0.1, -0.05) is 30.3 Å². The number of aliphatic hydroxyl groups excluding tert-OH is 1. The lowest BCUT2D eigenvalue weighted by Crippen LogP contribution is -2.39. The second-order valence-electron chi connectivity index (χ2n) is 5.76. The molecule has 0 aliphatic carbocycles. The minimum atomic E-state index is -0.752. The number of aromatic nitrogens is 2. The van der Waals surface area contributed by atoms with E-state index in [1.807, 2.05) is 37.3 Å². The third-order valence-electron chi connectivity index (χ3n) is 3.49. The number of anilines is 1. The van der Waals surface area contributed by atoms with Gasteiger partial charge in [0.1, 0.15) is 5.82 Å². The summed E-state index contributed by atoms with van der Waals surface area (Å²) in [5.41, 5.74) is 1.87. The van der Waals surface area contributed by atoms with E-state index in [0.717, 1.165) is 11.3 Å². The van der Waals surface area contributed by atoms with Gasteiger partial charge in [-0.05, 0) is 12.5 Å². The highest BCUT2D eigenvalue weighted by Gasteiger charge is 2.15. The van der Waals surface area contributed by atoms with Crippen LogP contribution in [0.4, 0.5) is 10.6 Å². The molecule has 0 aliphatic heterocycles. The lowest BCUT2D eigenvalue weighted by molar-refractivity contribution is 0.0188. The molecule has 0 saturated heterocycles. The lowest BCUT2D eigenvalue weighted by Gasteiger charge is -2.21. The molecule has 0 bridgehead atoms. The lowest BCUT2D eigenvalue weighted by atomic mass is 10.2. The van der Waals surface area contributed by atoms with Crippen molar-refractivity contribution in [2.45, 2.75) is 19.6 Å². The Morgan fingerprint density at radius 3 is 2.75 bits per heavy atom. The van der Waals surface area contributed by atoms with Crippen LogP contribution in [0.25, 0.3) is 0 Å². The van der Waals surface area contributed by atoms with Crippen molar-refractivity contribution in [2.75, 3.05) is 25.5 Å². The van der Waals surface area contributed by atoms with Crippen molar-refractivity contribution in [2.24, 2.45) is 7.05 Å². The molecule has 24 heavy (non-hydrogen) atoms. The van der Waals surface area contributed by atoms with Gasteiger partial charge in [-0.2, -0.15) is 5.10 Å². The first-order valence-corrected chi connectivity index (χ1v) is 7.78. The number of likely N-dealkylation sites (N-methyl/N-ethyl adjacent to an activating group) is 1. The van der Waals surface area contributed by atoms with Gasteiger partial charge in [0.15, 0.2) is 0 Å². The van der Waals surface area contributed by atoms with Gasteiger partial charge in [-0.15, -0.1) is 0 Å². The molecule has 2 N–H and O–H groups in total. The standard InChI is InChI=1S/C17H24N4O3/c1-13-9-16(21(3)19-13)18-17(23)20(2)10-15(22)12-24-11-14-7-5-4-6-8-14/h4-9,15,22H,10-12H2,1-3H3,(H,18,23)/t15-/m0/s1. The summed E-state index contributed by atoms with van der Waals surface area (Å²) in [7, 11) is 3.38. The van der Waals surface area contributed by atoms with Crippen LogP contribution in [0.3, 0.4) is 0 Å². The Labute approximate surface area is 141 Å². The molecule has 0 fully saturated rings. The maximum absolute atomic E-state index is 12.1. The third-order valence-corrected chi connectivity index (χ3v) is 3.49. The number of carbonyl (C=O) groups is 1. The van der Waals surface area contributed by atoms with Crippen LogP contribution in [-0.4, -0.2) is 52.1 Å². The number of ether oxygens (including phenoxy) is 1. The van der Waals surface area contributed by atoms with Crippen molar-refractivity contribution in [1.82, 2.24) is 14.7 Å². The predicted octanol–water partition coefficient (Wildman–Crippen LogP) is 1.77. The first-order chi connectivity index (χ1) is 11.5. The SMILES string of the molecule is Cc1cc(NC(=O)N(C)C[C@H](O)COCc2ccccc2)n(C)n1. The predicted molar refractivity (Wildman–Crippen MR) is 91.7 cm³/mol. The molecule has 2 rings (SSSR count). The molecule has 2 amide bonds. The summed E-state index contributed by atoms with van der Waals surface area (Å²) < 4.78 is 7.08. The van der Waals surface area contributed by atoms with E-state index >= 15 is 0 Å². The van der Waals surface area contributed by atoms with Crippen LogP contribution in [0.2, 0.25) is 0 Å². The molecule has 0 radical (unpaired) electrons. The number of aryl methyl sites for hydroxylation is 2. The zero-order valence-corrected chi connectivity index (χ0v) is 14.3. The monoisotopic (exact) mass is 332 g/mol. The molecule has 130 valence electrons. The molecule has 1 heterocycles. The van der Waals surface area contributed by atoms with E-state index in [2.05, 4.69) is 10.4 Å². The average molecular weight is 332 g/mol. The number of amides is 2. The van der Waals surface area contributed by atoms with Crippen LogP contribution in [0, 0.1) is 6.92 Å². The van der Waals surface area contributed by atoms with Crippen molar-refractivity contribution in [3.8, 4) is 0 Å². The minimum Gasteiger partial charge on any atom is -0.389 e. The molecule has 7 heteroatoms. The highest BCUT2D eigenvalue weighted by molar-refractivity contribution is 5.88. The van der Waals surface area contributed by atoms with E-state index in [1.165, 1.54) is 4.90 Å². The van der Waals surface area contributed by atoms with Gasteiger partial charge in [0.05, 0.1) is 31.6 Å². The summed E-state index contributed by atoms with van der Waals surface area (Å²) in [6.07, 6.45) is -0.752. The Morgan fingerprint density at radius 1 is 1.42 bits per heavy atom. The molecule has 0 aliphatic rings. The van der Waals surface area contributed by atoms with Crippen LogP contribution in [0.1, 0.15) is 11.3 Å². The number of urea groups is 1. The molecule has 2 aromatic rings. The van der Waals surface area contributed by atoms with E-state index in [-0.39, 0.29) is 19.2 Å². The van der Waals surface area contributed by atoms with Crippen LogP contribution < -0.4 is 5.32 Å². The maximum atomic E-state index is 12.1. The topological polar surface area (TPSA) is 79.6 Å². The van der Waals surface area contributed by atoms with Gasteiger partial charge < -0.3 is 14.7 Å². The third kappa shape index (κ3) is 5.36. The number of aliphatic hydroxyl groups is 1. The normalized spacial score (nSPS) is 12.0. The van der Waals surface area contributed by atoms with Gasteiger partial charge in [0, 0.05) is 20.2 Å². The molecule has 0 spiro atoms. The first-order valence-electron chi connectivity index (χ1n) is 7.78. The summed E-state index contributed by atoms with van der Waals surface area (Å²) in [4.78, 5) is 13.5. The summed E-state index contributed by atoms with van der Waals surface area (Å²) in [5.74, 6) is 0.610. The number of rotatable bonds is 7. The van der Waals surface area contributed by atoms with Crippen molar-refractivity contribution >= 4 is 11.8 Å². The van der Waals surface area contributed by atoms with Crippen LogP contribution in [-0.2, 0) is 18.4 Å². The van der Waals surface area contributed by atoms with E-state index in [4.69, 9.17) is 4.74 Å². The van der Waals surface area contributed by atoms with E-state index in [0.29, 0.717) is 12.4 Å². The number of nitrogens with one attached hydrogen (secondary N) is 1. The largest absolute Gasteiger partial charge is 0.389 e. The fourth-order valence-electron chi connectivity index (χ4n) is 2.27. The van der Waals surface area contributed by atoms with E-state index in [9.17, 15) is 9.90 Å². The zero-order chi connectivity index (χ0) is 17.5. The summed E-state index contributed by atoms with van der Waals surface area (Å²) in [6, 6.07) is 11.2. The average Bonchev–Trinajstić information content (AvgIpc) is 2.85. The second kappa shape index (κ2) is 8.47. The Morgan fingerprint density at radius 2 is 2.12 bits per heavy atom. The van der Waals surface area contributed by atoms with Gasteiger partial charge >= 0.3 is 6.03 Å². The molecule has 0 unspecified atom stereocenters. The Kier molecular flexibility index (Phi) is 6.34. The Balaban J connectivity index is 1.73. The van der Waals surface area contributed by atoms with Crippen LogP contribution in [0.15, 0.2) is 36.4 Å². The molecular formula is C17H24N4O3. The smallest absolute Gasteiger partial charge is 0.322 e. The number of carbonyl (C=O) groups excluding carboxylic acids is 1. The maximum Gasteiger partial charge on any atom is 0.322 e. The first kappa shape index (κ1) is 18.0. The summed E-state index contributed by atoms with van der Waals surface area (Å²) in [6.45, 7) is 2.63. The molecular weight excluding hydrogens is 308 g/mol. The number of benzene rings is 1. The minimum absolute atomic E-state index is 0.164. The highest BCUT2D eigenvalue weighted by atomic mass is 16.5. The second-order valence-corrected chi connectivity index (χ2v) is 5.76.